The molecule has 2 rings (SSSR count). The van der Waals surface area contributed by atoms with Gasteiger partial charge in [-0.05, 0) is 37.0 Å². The second-order valence-corrected chi connectivity index (χ2v) is 5.95. The Morgan fingerprint density at radius 2 is 1.79 bits per heavy atom. The Morgan fingerprint density at radius 1 is 1.16 bits per heavy atom. The van der Waals surface area contributed by atoms with Crippen molar-refractivity contribution >= 4 is 11.6 Å². The molecule has 0 spiro atoms. The predicted octanol–water partition coefficient (Wildman–Crippen LogP) is 4.71. The fourth-order valence-corrected chi connectivity index (χ4v) is 3.25. The molecular weight excluding hydrogens is 258 g/mol. The molecule has 0 heterocycles. The smallest absolute Gasteiger partial charge is 0.123 e. The predicted molar refractivity (Wildman–Crippen MR) is 80.7 cm³/mol. The molecule has 1 aromatic carbocycles. The monoisotopic (exact) mass is 281 g/mol. The van der Waals surface area contributed by atoms with Gasteiger partial charge in [-0.15, -0.1) is 0 Å². The van der Waals surface area contributed by atoms with Crippen LogP contribution in [0.4, 0.5) is 0 Å². The van der Waals surface area contributed by atoms with Crippen molar-refractivity contribution in [1.29, 1.82) is 0 Å². The van der Waals surface area contributed by atoms with Crippen LogP contribution in [0, 0.1) is 5.92 Å². The quantitative estimate of drug-likeness (QED) is 0.871. The highest BCUT2D eigenvalue weighted by molar-refractivity contribution is 6.30. The molecule has 1 atom stereocenters. The number of methoxy groups -OCH3 is 1. The zero-order valence-corrected chi connectivity index (χ0v) is 12.5. The van der Waals surface area contributed by atoms with Crippen molar-refractivity contribution in [3.63, 3.8) is 0 Å². The van der Waals surface area contributed by atoms with Gasteiger partial charge in [0.1, 0.15) is 5.75 Å². The largest absolute Gasteiger partial charge is 0.496 e. The average molecular weight is 282 g/mol. The molecule has 0 amide bonds. The van der Waals surface area contributed by atoms with Gasteiger partial charge >= 0.3 is 0 Å². The van der Waals surface area contributed by atoms with Crippen LogP contribution < -0.4 is 10.5 Å². The zero-order chi connectivity index (χ0) is 13.7. The lowest BCUT2D eigenvalue weighted by atomic mass is 9.83. The lowest BCUT2D eigenvalue weighted by Crippen LogP contribution is -2.23. The van der Waals surface area contributed by atoms with Gasteiger partial charge < -0.3 is 10.5 Å². The third-order valence-corrected chi connectivity index (χ3v) is 4.44. The van der Waals surface area contributed by atoms with Gasteiger partial charge in [0.2, 0.25) is 0 Å². The van der Waals surface area contributed by atoms with Gasteiger partial charge in [0.15, 0.2) is 0 Å². The van der Waals surface area contributed by atoms with Crippen LogP contribution >= 0.6 is 11.6 Å². The molecule has 0 radical (unpaired) electrons. The summed E-state index contributed by atoms with van der Waals surface area (Å²) in [7, 11) is 1.69. The van der Waals surface area contributed by atoms with E-state index >= 15 is 0 Å². The van der Waals surface area contributed by atoms with Crippen molar-refractivity contribution in [3.05, 3.63) is 28.8 Å². The van der Waals surface area contributed by atoms with E-state index in [4.69, 9.17) is 22.1 Å². The molecule has 19 heavy (non-hydrogen) atoms. The highest BCUT2D eigenvalue weighted by Crippen LogP contribution is 2.36. The number of benzene rings is 1. The summed E-state index contributed by atoms with van der Waals surface area (Å²) in [5.41, 5.74) is 7.55. The van der Waals surface area contributed by atoms with Crippen LogP contribution in [0.5, 0.6) is 5.75 Å². The molecule has 0 aliphatic heterocycles. The molecule has 1 unspecified atom stereocenters. The number of halogens is 1. The van der Waals surface area contributed by atoms with Gasteiger partial charge in [0.05, 0.1) is 7.11 Å². The summed E-state index contributed by atoms with van der Waals surface area (Å²) < 4.78 is 5.43. The first kappa shape index (κ1) is 14.7. The first-order chi connectivity index (χ1) is 9.22. The van der Waals surface area contributed by atoms with Gasteiger partial charge in [0, 0.05) is 16.6 Å². The summed E-state index contributed by atoms with van der Waals surface area (Å²) in [5.74, 6) is 1.41. The fourth-order valence-electron chi connectivity index (χ4n) is 3.07. The summed E-state index contributed by atoms with van der Waals surface area (Å²) in [6.45, 7) is 0. The highest BCUT2D eigenvalue weighted by Gasteiger charge is 2.23. The number of nitrogens with two attached hydrogens (primary N) is 1. The maximum absolute atomic E-state index is 6.50. The molecule has 2 nitrogen and oxygen atoms in total. The van der Waals surface area contributed by atoms with E-state index in [-0.39, 0.29) is 6.04 Å². The van der Waals surface area contributed by atoms with Crippen molar-refractivity contribution in [3.8, 4) is 5.75 Å². The van der Waals surface area contributed by atoms with Crippen molar-refractivity contribution < 1.29 is 4.74 Å². The molecule has 1 aliphatic rings. The Hall–Kier alpha value is -0.730. The van der Waals surface area contributed by atoms with E-state index in [2.05, 4.69) is 0 Å². The summed E-state index contributed by atoms with van der Waals surface area (Å²) in [6.07, 6.45) is 9.09. The van der Waals surface area contributed by atoms with Crippen LogP contribution in [-0.2, 0) is 0 Å². The van der Waals surface area contributed by atoms with E-state index in [0.29, 0.717) is 5.92 Å². The number of rotatable bonds is 3. The normalized spacial score (nSPS) is 19.5. The van der Waals surface area contributed by atoms with Crippen LogP contribution in [0.2, 0.25) is 5.02 Å². The molecule has 0 bridgehead atoms. The van der Waals surface area contributed by atoms with Crippen LogP contribution in [0.15, 0.2) is 18.2 Å². The van der Waals surface area contributed by atoms with E-state index in [9.17, 15) is 0 Å². The van der Waals surface area contributed by atoms with Crippen LogP contribution in [-0.4, -0.2) is 7.11 Å². The molecule has 0 saturated heterocycles. The molecule has 1 fully saturated rings. The second-order valence-electron chi connectivity index (χ2n) is 5.52. The van der Waals surface area contributed by atoms with Crippen molar-refractivity contribution in [1.82, 2.24) is 0 Å². The van der Waals surface area contributed by atoms with Crippen molar-refractivity contribution in [2.45, 2.75) is 51.0 Å². The SMILES string of the molecule is COc1ccc(Cl)cc1C(N)C1CCCCCCC1. The third-order valence-electron chi connectivity index (χ3n) is 4.21. The first-order valence-electron chi connectivity index (χ1n) is 7.31. The third kappa shape index (κ3) is 3.87. The van der Waals surface area contributed by atoms with E-state index in [1.807, 2.05) is 18.2 Å². The molecule has 1 saturated carbocycles. The minimum absolute atomic E-state index is 0.0340. The fraction of sp³-hybridized carbons (Fsp3) is 0.625. The maximum atomic E-state index is 6.50. The zero-order valence-electron chi connectivity index (χ0n) is 11.7. The van der Waals surface area contributed by atoms with Gasteiger partial charge in [-0.3, -0.25) is 0 Å². The van der Waals surface area contributed by atoms with Crippen LogP contribution in [0.25, 0.3) is 0 Å². The molecule has 106 valence electrons. The van der Waals surface area contributed by atoms with Crippen LogP contribution in [0.3, 0.4) is 0 Å². The van der Waals surface area contributed by atoms with E-state index in [1.165, 1.54) is 44.9 Å². The van der Waals surface area contributed by atoms with Crippen LogP contribution in [0.1, 0.15) is 56.6 Å². The minimum Gasteiger partial charge on any atom is -0.496 e. The number of ether oxygens (including phenoxy) is 1. The van der Waals surface area contributed by atoms with Gasteiger partial charge in [-0.2, -0.15) is 0 Å². The Morgan fingerprint density at radius 3 is 2.42 bits per heavy atom. The van der Waals surface area contributed by atoms with E-state index in [1.54, 1.807) is 7.11 Å². The lowest BCUT2D eigenvalue weighted by molar-refractivity contribution is 0.318. The molecule has 1 aromatic rings. The summed E-state index contributed by atoms with van der Waals surface area (Å²) in [6, 6.07) is 5.77. The number of hydrogen-bond acceptors (Lipinski definition) is 2. The topological polar surface area (TPSA) is 35.2 Å². The van der Waals surface area contributed by atoms with Crippen molar-refractivity contribution in [2.75, 3.05) is 7.11 Å². The summed E-state index contributed by atoms with van der Waals surface area (Å²) in [5, 5.41) is 0.733. The average Bonchev–Trinajstić information content (AvgIpc) is 2.37. The Kier molecular flexibility index (Phi) is 5.53. The summed E-state index contributed by atoms with van der Waals surface area (Å²) in [4.78, 5) is 0. The molecule has 0 aromatic heterocycles. The van der Waals surface area contributed by atoms with Gasteiger partial charge in [0.25, 0.3) is 0 Å². The second kappa shape index (κ2) is 7.16. The standard InChI is InChI=1S/C16H24ClNO/c1-19-15-10-9-13(17)11-14(15)16(18)12-7-5-3-2-4-6-8-12/h9-12,16H,2-8,18H2,1H3. The molecule has 3 heteroatoms. The molecule has 2 N–H and O–H groups in total. The maximum Gasteiger partial charge on any atom is 0.123 e. The van der Waals surface area contributed by atoms with Gasteiger partial charge in [-0.1, -0.05) is 43.7 Å². The minimum atomic E-state index is 0.0340. The van der Waals surface area contributed by atoms with E-state index < -0.39 is 0 Å². The Bertz CT molecular complexity index is 400. The Balaban J connectivity index is 2.16. The molecular formula is C16H24ClNO. The lowest BCUT2D eigenvalue weighted by Gasteiger charge is -2.27. The van der Waals surface area contributed by atoms with Crippen molar-refractivity contribution in [2.24, 2.45) is 11.7 Å². The Labute approximate surface area is 121 Å². The van der Waals surface area contributed by atoms with E-state index in [0.717, 1.165) is 16.3 Å². The van der Waals surface area contributed by atoms with Gasteiger partial charge in [-0.25, -0.2) is 0 Å². The number of hydrogen-bond donors (Lipinski definition) is 1. The summed E-state index contributed by atoms with van der Waals surface area (Å²) >= 11 is 6.10. The first-order valence-corrected chi connectivity index (χ1v) is 7.69. The molecule has 1 aliphatic carbocycles. The highest BCUT2D eigenvalue weighted by atomic mass is 35.5.